The Bertz CT molecular complexity index is 432. The van der Waals surface area contributed by atoms with Crippen LogP contribution in [-0.2, 0) is 4.79 Å². The molecule has 4 nitrogen and oxygen atoms in total. The van der Waals surface area contributed by atoms with Gasteiger partial charge in [0.25, 0.3) is 0 Å². The van der Waals surface area contributed by atoms with Crippen LogP contribution in [0.4, 0.5) is 0 Å². The predicted octanol–water partition coefficient (Wildman–Crippen LogP) is 2.78. The number of ether oxygens (including phenoxy) is 1. The zero-order chi connectivity index (χ0) is 15.1. The summed E-state index contributed by atoms with van der Waals surface area (Å²) in [7, 11) is 0. The van der Waals surface area contributed by atoms with E-state index < -0.39 is 6.04 Å². The van der Waals surface area contributed by atoms with Crippen molar-refractivity contribution in [3.8, 4) is 5.75 Å². The van der Waals surface area contributed by atoms with Gasteiger partial charge in [0.15, 0.2) is 0 Å². The zero-order valence-corrected chi connectivity index (χ0v) is 12.8. The Labute approximate surface area is 121 Å². The molecule has 0 bridgehead atoms. The Hall–Kier alpha value is -1.55. The van der Waals surface area contributed by atoms with Gasteiger partial charge >= 0.3 is 0 Å². The van der Waals surface area contributed by atoms with Crippen LogP contribution in [0.1, 0.15) is 52.1 Å². The summed E-state index contributed by atoms with van der Waals surface area (Å²) in [6.07, 6.45) is 1.69. The number of carbonyl (C=O) groups excluding carboxylic acids is 1. The predicted molar refractivity (Wildman–Crippen MR) is 81.6 cm³/mol. The fourth-order valence-electron chi connectivity index (χ4n) is 2.04. The van der Waals surface area contributed by atoms with Gasteiger partial charge in [0.2, 0.25) is 5.91 Å². The van der Waals surface area contributed by atoms with Crippen molar-refractivity contribution in [2.45, 2.75) is 58.7 Å². The molecule has 1 aromatic rings. The normalized spacial score (nSPS) is 13.9. The van der Waals surface area contributed by atoms with Gasteiger partial charge in [-0.1, -0.05) is 31.5 Å². The lowest BCUT2D eigenvalue weighted by molar-refractivity contribution is -0.123. The molecular formula is C16H26N2O2. The molecule has 0 radical (unpaired) electrons. The van der Waals surface area contributed by atoms with Gasteiger partial charge < -0.3 is 15.8 Å². The van der Waals surface area contributed by atoms with E-state index in [1.807, 2.05) is 52.0 Å². The van der Waals surface area contributed by atoms with Gasteiger partial charge in [-0.2, -0.15) is 0 Å². The minimum Gasteiger partial charge on any atom is -0.491 e. The number of benzene rings is 1. The van der Waals surface area contributed by atoms with E-state index in [4.69, 9.17) is 10.5 Å². The van der Waals surface area contributed by atoms with E-state index in [1.165, 1.54) is 0 Å². The van der Waals surface area contributed by atoms with Crippen molar-refractivity contribution in [1.29, 1.82) is 0 Å². The molecule has 0 aliphatic heterocycles. The molecule has 4 heteroatoms. The molecule has 1 rings (SSSR count). The van der Waals surface area contributed by atoms with Crippen LogP contribution in [0.15, 0.2) is 24.3 Å². The van der Waals surface area contributed by atoms with Crippen LogP contribution in [0.25, 0.3) is 0 Å². The van der Waals surface area contributed by atoms with Crippen molar-refractivity contribution < 1.29 is 9.53 Å². The molecule has 20 heavy (non-hydrogen) atoms. The number of nitrogens with one attached hydrogen (secondary N) is 1. The second-order valence-electron chi connectivity index (χ2n) is 5.33. The summed E-state index contributed by atoms with van der Waals surface area (Å²) in [6, 6.07) is 7.19. The third-order valence-electron chi connectivity index (χ3n) is 3.04. The summed E-state index contributed by atoms with van der Waals surface area (Å²) >= 11 is 0. The standard InChI is InChI=1S/C16H26N2O2/c1-5-8-14(17)16(19)18-12(4)13-9-6-7-10-15(13)20-11(2)3/h6-7,9-12,14H,5,8,17H2,1-4H3,(H,18,19)/t12?,14-/m1/s1. The number of hydrogen-bond acceptors (Lipinski definition) is 3. The molecule has 0 spiro atoms. The molecule has 0 saturated heterocycles. The summed E-state index contributed by atoms with van der Waals surface area (Å²) in [4.78, 5) is 12.0. The zero-order valence-electron chi connectivity index (χ0n) is 12.8. The van der Waals surface area contributed by atoms with Crippen LogP contribution in [0.3, 0.4) is 0 Å². The highest BCUT2D eigenvalue weighted by Crippen LogP contribution is 2.25. The fraction of sp³-hybridized carbons (Fsp3) is 0.562. The molecule has 1 amide bonds. The fourth-order valence-corrected chi connectivity index (χ4v) is 2.04. The molecule has 112 valence electrons. The monoisotopic (exact) mass is 278 g/mol. The highest BCUT2D eigenvalue weighted by molar-refractivity contribution is 5.81. The number of rotatable bonds is 7. The minimum absolute atomic E-state index is 0.0985. The van der Waals surface area contributed by atoms with Crippen LogP contribution < -0.4 is 15.8 Å². The first-order valence-corrected chi connectivity index (χ1v) is 7.27. The number of nitrogens with two attached hydrogens (primary N) is 1. The van der Waals surface area contributed by atoms with Gasteiger partial charge in [0.1, 0.15) is 5.75 Å². The summed E-state index contributed by atoms with van der Waals surface area (Å²) in [5.41, 5.74) is 6.80. The highest BCUT2D eigenvalue weighted by Gasteiger charge is 2.18. The number of amides is 1. The van der Waals surface area contributed by atoms with E-state index in [0.29, 0.717) is 6.42 Å². The quantitative estimate of drug-likeness (QED) is 0.806. The average molecular weight is 278 g/mol. The van der Waals surface area contributed by atoms with Gasteiger partial charge in [-0.05, 0) is 33.3 Å². The lowest BCUT2D eigenvalue weighted by Gasteiger charge is -2.21. The lowest BCUT2D eigenvalue weighted by Crippen LogP contribution is -2.41. The Morgan fingerprint density at radius 2 is 1.95 bits per heavy atom. The molecule has 0 aromatic heterocycles. The van der Waals surface area contributed by atoms with E-state index in [9.17, 15) is 4.79 Å². The Kier molecular flexibility index (Phi) is 6.52. The second kappa shape index (κ2) is 7.90. The van der Waals surface area contributed by atoms with Gasteiger partial charge in [-0.15, -0.1) is 0 Å². The maximum absolute atomic E-state index is 12.0. The number of para-hydroxylation sites is 1. The first kappa shape index (κ1) is 16.5. The smallest absolute Gasteiger partial charge is 0.237 e. The first-order chi connectivity index (χ1) is 9.45. The largest absolute Gasteiger partial charge is 0.491 e. The third-order valence-corrected chi connectivity index (χ3v) is 3.04. The average Bonchev–Trinajstić information content (AvgIpc) is 2.38. The van der Waals surface area contributed by atoms with Gasteiger partial charge in [0, 0.05) is 5.56 Å². The molecule has 1 unspecified atom stereocenters. The number of carbonyl (C=O) groups is 1. The maximum Gasteiger partial charge on any atom is 0.237 e. The molecule has 0 aliphatic carbocycles. The summed E-state index contributed by atoms with van der Waals surface area (Å²) in [5, 5.41) is 2.95. The van der Waals surface area contributed by atoms with E-state index >= 15 is 0 Å². The van der Waals surface area contributed by atoms with Gasteiger partial charge in [-0.3, -0.25) is 4.79 Å². The van der Waals surface area contributed by atoms with E-state index in [1.54, 1.807) is 0 Å². The van der Waals surface area contributed by atoms with Crippen LogP contribution in [0.5, 0.6) is 5.75 Å². The maximum atomic E-state index is 12.0. The van der Waals surface area contributed by atoms with E-state index in [2.05, 4.69) is 5.32 Å². The van der Waals surface area contributed by atoms with Crippen molar-refractivity contribution in [2.75, 3.05) is 0 Å². The van der Waals surface area contributed by atoms with Crippen LogP contribution in [-0.4, -0.2) is 18.1 Å². The summed E-state index contributed by atoms with van der Waals surface area (Å²) in [5.74, 6) is 0.693. The summed E-state index contributed by atoms with van der Waals surface area (Å²) in [6.45, 7) is 7.93. The van der Waals surface area contributed by atoms with Gasteiger partial charge in [0.05, 0.1) is 18.2 Å². The van der Waals surface area contributed by atoms with Crippen LogP contribution in [0, 0.1) is 0 Å². The molecule has 0 fully saturated rings. The number of hydrogen-bond donors (Lipinski definition) is 2. The topological polar surface area (TPSA) is 64.4 Å². The Balaban J connectivity index is 2.76. The Morgan fingerprint density at radius 1 is 1.30 bits per heavy atom. The van der Waals surface area contributed by atoms with Crippen molar-refractivity contribution in [1.82, 2.24) is 5.32 Å². The van der Waals surface area contributed by atoms with E-state index in [-0.39, 0.29) is 18.1 Å². The first-order valence-electron chi connectivity index (χ1n) is 7.27. The van der Waals surface area contributed by atoms with Crippen LogP contribution in [0.2, 0.25) is 0 Å². The highest BCUT2D eigenvalue weighted by atomic mass is 16.5. The SMILES string of the molecule is CCC[C@@H](N)C(=O)NC(C)c1ccccc1OC(C)C. The van der Waals surface area contributed by atoms with Gasteiger partial charge in [-0.25, -0.2) is 0 Å². The molecule has 3 N–H and O–H groups in total. The molecule has 2 atom stereocenters. The van der Waals surface area contributed by atoms with Crippen molar-refractivity contribution in [2.24, 2.45) is 5.73 Å². The Morgan fingerprint density at radius 3 is 2.55 bits per heavy atom. The molecule has 1 aromatic carbocycles. The molecular weight excluding hydrogens is 252 g/mol. The van der Waals surface area contributed by atoms with Crippen molar-refractivity contribution in [3.05, 3.63) is 29.8 Å². The third kappa shape index (κ3) is 4.85. The minimum atomic E-state index is -0.444. The molecule has 0 saturated carbocycles. The van der Waals surface area contributed by atoms with E-state index in [0.717, 1.165) is 17.7 Å². The molecule has 0 heterocycles. The second-order valence-corrected chi connectivity index (χ2v) is 5.33. The van der Waals surface area contributed by atoms with Crippen molar-refractivity contribution in [3.63, 3.8) is 0 Å². The van der Waals surface area contributed by atoms with Crippen molar-refractivity contribution >= 4 is 5.91 Å². The summed E-state index contributed by atoms with van der Waals surface area (Å²) < 4.78 is 5.77. The molecule has 0 aliphatic rings. The van der Waals surface area contributed by atoms with Crippen LogP contribution >= 0.6 is 0 Å². The lowest BCUT2D eigenvalue weighted by atomic mass is 10.1.